The first kappa shape index (κ1) is 22.0. The summed E-state index contributed by atoms with van der Waals surface area (Å²) in [5.41, 5.74) is -0.171. The molecule has 33 heavy (non-hydrogen) atoms. The van der Waals surface area contributed by atoms with E-state index in [-0.39, 0.29) is 17.5 Å². The summed E-state index contributed by atoms with van der Waals surface area (Å²) in [5.74, 6) is -2.70. The zero-order valence-corrected chi connectivity index (χ0v) is 18.8. The molecule has 2 fully saturated rings. The SMILES string of the molecule is CC1C(=O)O[C@H]2C[C@]3(C)O[C@H]3[C@H](OC(=O)c3ccc(F)cc3)[C@@H](N(C)C)C3=C[C@@H](OC3=O)[C@H]12. The number of benzene rings is 1. The smallest absolute Gasteiger partial charge is 0.338 e. The van der Waals surface area contributed by atoms with Gasteiger partial charge < -0.3 is 18.9 Å². The fraction of sp³-hybridized carbons (Fsp3) is 0.542. The Kier molecular flexibility index (Phi) is 5.10. The normalized spacial score (nSPS) is 39.2. The number of esters is 3. The highest BCUT2D eigenvalue weighted by atomic mass is 19.1. The number of hydrogen-bond acceptors (Lipinski definition) is 8. The molecule has 3 aliphatic heterocycles. The maximum absolute atomic E-state index is 13.3. The van der Waals surface area contributed by atoms with Crippen LogP contribution in [0, 0.1) is 17.7 Å². The molecule has 4 aliphatic rings. The van der Waals surface area contributed by atoms with Gasteiger partial charge in [-0.1, -0.05) is 6.92 Å². The topological polar surface area (TPSA) is 94.7 Å². The standard InChI is InChI=1S/C24H26FNO7/c1-11-17-15-9-14(23(29)30-15)18(26(3)4)19(32-22(28)12-5-7-13(25)8-6-12)20-24(2,33-20)10-16(17)31-21(11)27/h5-9,11,15-20H,10H2,1-4H3/t11?,15-,16+,17+,18+,19-,20+,24+/m1/s1. The van der Waals surface area contributed by atoms with Gasteiger partial charge >= 0.3 is 17.9 Å². The Morgan fingerprint density at radius 1 is 1.18 bits per heavy atom. The number of halogens is 1. The first-order valence-electron chi connectivity index (χ1n) is 11.0. The van der Waals surface area contributed by atoms with E-state index < -0.39 is 59.7 Å². The molecular formula is C24H26FNO7. The zero-order chi connectivity index (χ0) is 23.7. The molecule has 0 saturated carbocycles. The Morgan fingerprint density at radius 2 is 1.88 bits per heavy atom. The average Bonchev–Trinajstić information content (AvgIpc) is 3.14. The van der Waals surface area contributed by atoms with Gasteiger partial charge in [-0.15, -0.1) is 0 Å². The largest absolute Gasteiger partial charge is 0.462 e. The third-order valence-electron chi connectivity index (χ3n) is 7.20. The molecule has 1 unspecified atom stereocenters. The lowest BCUT2D eigenvalue weighted by molar-refractivity contribution is -0.144. The fourth-order valence-corrected chi connectivity index (χ4v) is 5.42. The molecule has 0 amide bonds. The number of epoxide rings is 1. The van der Waals surface area contributed by atoms with Crippen LogP contribution in [0.1, 0.15) is 30.6 Å². The molecule has 176 valence electrons. The van der Waals surface area contributed by atoms with Crippen LogP contribution >= 0.6 is 0 Å². The van der Waals surface area contributed by atoms with Crippen molar-refractivity contribution < 1.29 is 37.7 Å². The molecule has 9 heteroatoms. The van der Waals surface area contributed by atoms with Gasteiger partial charge in [-0.25, -0.2) is 14.0 Å². The van der Waals surface area contributed by atoms with Crippen LogP contribution in [0.25, 0.3) is 0 Å². The molecule has 0 N–H and O–H groups in total. The molecule has 1 aliphatic carbocycles. The van der Waals surface area contributed by atoms with Crippen molar-refractivity contribution in [3.05, 3.63) is 47.3 Å². The third kappa shape index (κ3) is 3.63. The van der Waals surface area contributed by atoms with Crippen molar-refractivity contribution in [3.63, 3.8) is 0 Å². The maximum atomic E-state index is 13.3. The summed E-state index contributed by atoms with van der Waals surface area (Å²) in [6.45, 7) is 3.67. The van der Waals surface area contributed by atoms with Crippen molar-refractivity contribution in [2.24, 2.45) is 11.8 Å². The average molecular weight is 459 g/mol. The minimum atomic E-state index is -0.841. The second kappa shape index (κ2) is 7.63. The molecule has 2 saturated heterocycles. The van der Waals surface area contributed by atoms with Gasteiger partial charge in [0.2, 0.25) is 0 Å². The van der Waals surface area contributed by atoms with E-state index in [1.165, 1.54) is 24.3 Å². The third-order valence-corrected chi connectivity index (χ3v) is 7.20. The number of carbonyl (C=O) groups is 3. The lowest BCUT2D eigenvalue weighted by Gasteiger charge is -2.32. The lowest BCUT2D eigenvalue weighted by Crippen LogP contribution is -2.49. The molecule has 0 spiro atoms. The van der Waals surface area contributed by atoms with Gasteiger partial charge in [0.1, 0.15) is 24.1 Å². The highest BCUT2D eigenvalue weighted by molar-refractivity contribution is 5.93. The summed E-state index contributed by atoms with van der Waals surface area (Å²) >= 11 is 0. The van der Waals surface area contributed by atoms with Crippen molar-refractivity contribution in [1.82, 2.24) is 4.90 Å². The molecule has 1 aromatic rings. The predicted octanol–water partition coefficient (Wildman–Crippen LogP) is 1.87. The van der Waals surface area contributed by atoms with E-state index in [0.717, 1.165) is 0 Å². The number of likely N-dealkylation sites (N-methyl/N-ethyl adjacent to an activating group) is 1. The minimum absolute atomic E-state index is 0.188. The molecule has 8 nitrogen and oxygen atoms in total. The van der Waals surface area contributed by atoms with Crippen molar-refractivity contribution in [3.8, 4) is 0 Å². The van der Waals surface area contributed by atoms with Crippen molar-refractivity contribution in [2.45, 2.75) is 56.3 Å². The molecule has 3 heterocycles. The molecule has 0 aromatic heterocycles. The van der Waals surface area contributed by atoms with Crippen LogP contribution < -0.4 is 0 Å². The predicted molar refractivity (Wildman–Crippen MR) is 111 cm³/mol. The first-order chi connectivity index (χ1) is 15.6. The highest BCUT2D eigenvalue weighted by Gasteiger charge is 2.65. The van der Waals surface area contributed by atoms with Crippen LogP contribution in [0.2, 0.25) is 0 Å². The minimum Gasteiger partial charge on any atom is -0.462 e. The fourth-order valence-electron chi connectivity index (χ4n) is 5.42. The number of ether oxygens (including phenoxy) is 4. The van der Waals surface area contributed by atoms with Gasteiger partial charge in [0.05, 0.1) is 28.7 Å². The van der Waals surface area contributed by atoms with Crippen LogP contribution in [0.3, 0.4) is 0 Å². The van der Waals surface area contributed by atoms with E-state index in [2.05, 4.69) is 0 Å². The summed E-state index contributed by atoms with van der Waals surface area (Å²) in [4.78, 5) is 40.0. The van der Waals surface area contributed by atoms with Crippen LogP contribution in [-0.2, 0) is 28.5 Å². The van der Waals surface area contributed by atoms with E-state index in [0.29, 0.717) is 12.0 Å². The Bertz CT molecular complexity index is 1040. The van der Waals surface area contributed by atoms with Crippen LogP contribution in [0.4, 0.5) is 4.39 Å². The van der Waals surface area contributed by atoms with E-state index in [1.807, 2.05) is 6.92 Å². The Hall–Kier alpha value is -2.78. The number of carbonyl (C=O) groups excluding carboxylic acids is 3. The zero-order valence-electron chi connectivity index (χ0n) is 18.8. The van der Waals surface area contributed by atoms with Gasteiger partial charge in [0.15, 0.2) is 6.10 Å². The lowest BCUT2D eigenvalue weighted by atomic mass is 9.79. The van der Waals surface area contributed by atoms with E-state index in [1.54, 1.807) is 32.0 Å². The van der Waals surface area contributed by atoms with Crippen molar-refractivity contribution >= 4 is 17.9 Å². The first-order valence-corrected chi connectivity index (χ1v) is 11.0. The molecule has 0 radical (unpaired) electrons. The summed E-state index contributed by atoms with van der Waals surface area (Å²) in [6, 6.07) is 4.42. The molecule has 2 bridgehead atoms. The van der Waals surface area contributed by atoms with Gasteiger partial charge in [-0.05, 0) is 51.4 Å². The second-order valence-corrected chi connectivity index (χ2v) is 9.67. The van der Waals surface area contributed by atoms with Crippen molar-refractivity contribution in [2.75, 3.05) is 14.1 Å². The van der Waals surface area contributed by atoms with Crippen molar-refractivity contribution in [1.29, 1.82) is 0 Å². The summed E-state index contributed by atoms with van der Waals surface area (Å²) in [6.07, 6.45) is -0.358. The van der Waals surface area contributed by atoms with Gasteiger partial charge in [0.25, 0.3) is 0 Å². The molecule has 1 aromatic carbocycles. The summed E-state index contributed by atoms with van der Waals surface area (Å²) < 4.78 is 36.6. The molecule has 8 atom stereocenters. The molecule has 5 rings (SSSR count). The quantitative estimate of drug-likeness (QED) is 0.384. The van der Waals surface area contributed by atoms with Gasteiger partial charge in [-0.3, -0.25) is 9.69 Å². The summed E-state index contributed by atoms with van der Waals surface area (Å²) in [7, 11) is 3.56. The van der Waals surface area contributed by atoms with Gasteiger partial charge in [0, 0.05) is 12.3 Å². The second-order valence-electron chi connectivity index (χ2n) is 9.67. The number of nitrogens with zero attached hydrogens (tertiary/aromatic N) is 1. The van der Waals surface area contributed by atoms with Crippen LogP contribution in [0.15, 0.2) is 35.9 Å². The van der Waals surface area contributed by atoms with Gasteiger partial charge in [-0.2, -0.15) is 0 Å². The monoisotopic (exact) mass is 459 g/mol. The Balaban J connectivity index is 1.54. The van der Waals surface area contributed by atoms with Crippen LogP contribution in [0.5, 0.6) is 0 Å². The Morgan fingerprint density at radius 3 is 2.55 bits per heavy atom. The van der Waals surface area contributed by atoms with Crippen LogP contribution in [-0.4, -0.2) is 73.0 Å². The number of rotatable bonds is 3. The number of fused-ring (bicyclic) bond motifs is 4. The molecular weight excluding hydrogens is 433 g/mol. The van der Waals surface area contributed by atoms with E-state index >= 15 is 0 Å². The maximum Gasteiger partial charge on any atom is 0.338 e. The van der Waals surface area contributed by atoms with E-state index in [4.69, 9.17) is 18.9 Å². The number of hydrogen-bond donors (Lipinski definition) is 0. The highest BCUT2D eigenvalue weighted by Crippen LogP contribution is 2.51. The van der Waals surface area contributed by atoms with E-state index in [9.17, 15) is 18.8 Å². The Labute approximate surface area is 190 Å². The summed E-state index contributed by atoms with van der Waals surface area (Å²) in [5, 5.41) is 0.